The molecule has 3 unspecified atom stereocenters. The van der Waals surface area contributed by atoms with Gasteiger partial charge in [0.25, 0.3) is 0 Å². The van der Waals surface area contributed by atoms with Crippen LogP contribution in [0.2, 0.25) is 0 Å². The smallest absolute Gasteiger partial charge is 0.225 e. The Kier molecular flexibility index (Phi) is 4.61. The summed E-state index contributed by atoms with van der Waals surface area (Å²) in [5.41, 5.74) is 7.88. The minimum absolute atomic E-state index is 0.0934. The number of carbonyl (C=O) groups is 1. The zero-order valence-corrected chi connectivity index (χ0v) is 15.5. The number of hydrogen-bond acceptors (Lipinski definition) is 2. The highest BCUT2D eigenvalue weighted by Crippen LogP contribution is 2.43. The van der Waals surface area contributed by atoms with Crippen molar-refractivity contribution in [2.24, 2.45) is 23.5 Å². The van der Waals surface area contributed by atoms with Crippen LogP contribution in [0.4, 0.5) is 0 Å². The molecule has 2 N–H and O–H groups in total. The summed E-state index contributed by atoms with van der Waals surface area (Å²) in [7, 11) is 0. The molecule has 3 heteroatoms. The average Bonchev–Trinajstić information content (AvgIpc) is 2.62. The van der Waals surface area contributed by atoms with E-state index in [2.05, 4.69) is 42.2 Å². The van der Waals surface area contributed by atoms with Crippen LogP contribution in [-0.2, 0) is 10.2 Å². The molecule has 3 atom stereocenters. The van der Waals surface area contributed by atoms with Crippen LogP contribution in [0.5, 0.6) is 0 Å². The molecule has 4 rings (SSSR count). The molecule has 1 saturated heterocycles. The molecule has 0 radical (unpaired) electrons. The van der Waals surface area contributed by atoms with E-state index in [-0.39, 0.29) is 11.3 Å². The van der Waals surface area contributed by atoms with Crippen molar-refractivity contribution >= 4 is 5.91 Å². The van der Waals surface area contributed by atoms with Crippen LogP contribution in [0.15, 0.2) is 30.3 Å². The molecule has 2 saturated carbocycles. The van der Waals surface area contributed by atoms with E-state index in [1.54, 1.807) is 0 Å². The average molecular weight is 341 g/mol. The number of fused-ring (bicyclic) bond motifs is 2. The predicted molar refractivity (Wildman–Crippen MR) is 101 cm³/mol. The van der Waals surface area contributed by atoms with E-state index in [0.29, 0.717) is 23.8 Å². The van der Waals surface area contributed by atoms with Gasteiger partial charge in [0, 0.05) is 30.5 Å². The standard InChI is InChI=1S/C22H32N2O/c1-22(19-9-3-2-4-10-19)11-6-12-24(15-22)21(25)18-13-16-7-5-8-17(14-18)20(16)23/h2-4,9-10,16-18,20H,5-8,11-15,23H2,1H3. The number of likely N-dealkylation sites (tertiary alicyclic amines) is 1. The Labute approximate surface area is 152 Å². The van der Waals surface area contributed by atoms with Crippen molar-refractivity contribution in [1.29, 1.82) is 0 Å². The maximum atomic E-state index is 13.3. The minimum atomic E-state index is 0.0934. The lowest BCUT2D eigenvalue weighted by atomic mass is 9.64. The van der Waals surface area contributed by atoms with Crippen molar-refractivity contribution in [2.75, 3.05) is 13.1 Å². The van der Waals surface area contributed by atoms with Crippen molar-refractivity contribution in [3.05, 3.63) is 35.9 Å². The molecule has 1 aliphatic heterocycles. The number of nitrogens with zero attached hydrogens (tertiary/aromatic N) is 1. The molecule has 0 spiro atoms. The number of benzene rings is 1. The second kappa shape index (κ2) is 6.75. The first-order valence-electron chi connectivity index (χ1n) is 10.2. The summed E-state index contributed by atoms with van der Waals surface area (Å²) in [6, 6.07) is 11.1. The molecule has 2 aliphatic carbocycles. The third kappa shape index (κ3) is 3.23. The van der Waals surface area contributed by atoms with Crippen molar-refractivity contribution in [3.8, 4) is 0 Å². The van der Waals surface area contributed by atoms with Crippen molar-refractivity contribution in [2.45, 2.75) is 63.3 Å². The first-order valence-corrected chi connectivity index (χ1v) is 10.2. The van der Waals surface area contributed by atoms with E-state index < -0.39 is 0 Å². The zero-order chi connectivity index (χ0) is 17.4. The molecule has 3 fully saturated rings. The molecule has 136 valence electrons. The van der Waals surface area contributed by atoms with E-state index in [4.69, 9.17) is 5.73 Å². The van der Waals surface area contributed by atoms with Gasteiger partial charge in [0.15, 0.2) is 0 Å². The van der Waals surface area contributed by atoms with Gasteiger partial charge in [-0.25, -0.2) is 0 Å². The third-order valence-electron chi connectivity index (χ3n) is 7.24. The number of rotatable bonds is 2. The molecule has 1 amide bonds. The molecule has 0 aromatic heterocycles. The van der Waals surface area contributed by atoms with Crippen molar-refractivity contribution in [1.82, 2.24) is 4.90 Å². The van der Waals surface area contributed by atoms with E-state index in [1.807, 2.05) is 0 Å². The second-order valence-corrected chi connectivity index (χ2v) is 8.99. The van der Waals surface area contributed by atoms with Crippen LogP contribution in [0.3, 0.4) is 0 Å². The normalized spacial score (nSPS) is 38.4. The van der Waals surface area contributed by atoms with Crippen LogP contribution in [0.1, 0.15) is 57.4 Å². The Morgan fingerprint density at radius 3 is 2.48 bits per heavy atom. The Balaban J connectivity index is 1.47. The number of piperidine rings is 1. The number of nitrogens with two attached hydrogens (primary N) is 1. The summed E-state index contributed by atoms with van der Waals surface area (Å²) in [6.45, 7) is 4.13. The van der Waals surface area contributed by atoms with Gasteiger partial charge in [-0.15, -0.1) is 0 Å². The first kappa shape index (κ1) is 17.1. The van der Waals surface area contributed by atoms with Crippen LogP contribution < -0.4 is 5.73 Å². The maximum absolute atomic E-state index is 13.3. The summed E-state index contributed by atoms with van der Waals surface area (Å²) < 4.78 is 0. The zero-order valence-electron chi connectivity index (χ0n) is 15.5. The molecule has 1 heterocycles. The summed E-state index contributed by atoms with van der Waals surface area (Å²) in [4.78, 5) is 15.5. The molecule has 25 heavy (non-hydrogen) atoms. The Morgan fingerprint density at radius 1 is 1.12 bits per heavy atom. The SMILES string of the molecule is CC1(c2ccccc2)CCCN(C(=O)C2CC3CCCC(C2)C3N)C1. The number of carbonyl (C=O) groups excluding carboxylic acids is 1. The van der Waals surface area contributed by atoms with Crippen LogP contribution >= 0.6 is 0 Å². The monoisotopic (exact) mass is 340 g/mol. The molecule has 3 aliphatic rings. The Hall–Kier alpha value is -1.35. The van der Waals surface area contributed by atoms with Gasteiger partial charge in [-0.1, -0.05) is 43.7 Å². The Bertz CT molecular complexity index is 602. The summed E-state index contributed by atoms with van der Waals surface area (Å²) in [5.74, 6) is 1.78. The lowest BCUT2D eigenvalue weighted by Crippen LogP contribution is -2.53. The highest BCUT2D eigenvalue weighted by molar-refractivity contribution is 5.79. The van der Waals surface area contributed by atoms with Gasteiger partial charge in [-0.05, 0) is 55.9 Å². The molecule has 1 aromatic carbocycles. The van der Waals surface area contributed by atoms with Crippen molar-refractivity contribution < 1.29 is 4.79 Å². The quantitative estimate of drug-likeness (QED) is 0.892. The van der Waals surface area contributed by atoms with Gasteiger partial charge in [0.05, 0.1) is 0 Å². The van der Waals surface area contributed by atoms with Crippen molar-refractivity contribution in [3.63, 3.8) is 0 Å². The van der Waals surface area contributed by atoms with E-state index in [0.717, 1.165) is 32.4 Å². The maximum Gasteiger partial charge on any atom is 0.225 e. The topological polar surface area (TPSA) is 46.3 Å². The van der Waals surface area contributed by atoms with Gasteiger partial charge in [0.1, 0.15) is 0 Å². The summed E-state index contributed by atoms with van der Waals surface area (Å²) in [6.07, 6.45) is 8.08. The molecule has 3 nitrogen and oxygen atoms in total. The predicted octanol–water partition coefficient (Wildman–Crippen LogP) is 3.72. The largest absolute Gasteiger partial charge is 0.342 e. The fraction of sp³-hybridized carbons (Fsp3) is 0.682. The van der Waals surface area contributed by atoms with Gasteiger partial charge in [-0.3, -0.25) is 4.79 Å². The molecular formula is C22H32N2O. The molecule has 2 bridgehead atoms. The fourth-order valence-corrected chi connectivity index (χ4v) is 5.75. The third-order valence-corrected chi connectivity index (χ3v) is 7.24. The number of amides is 1. The van der Waals surface area contributed by atoms with Crippen LogP contribution in [0, 0.1) is 17.8 Å². The number of hydrogen-bond donors (Lipinski definition) is 1. The fourth-order valence-electron chi connectivity index (χ4n) is 5.75. The minimum Gasteiger partial charge on any atom is -0.342 e. The summed E-state index contributed by atoms with van der Waals surface area (Å²) in [5, 5.41) is 0. The Morgan fingerprint density at radius 2 is 1.80 bits per heavy atom. The molecule has 1 aromatic rings. The van der Waals surface area contributed by atoms with Gasteiger partial charge in [-0.2, -0.15) is 0 Å². The van der Waals surface area contributed by atoms with Gasteiger partial charge >= 0.3 is 0 Å². The first-order chi connectivity index (χ1) is 12.1. The van der Waals surface area contributed by atoms with E-state index in [9.17, 15) is 4.79 Å². The lowest BCUT2D eigenvalue weighted by Gasteiger charge is -2.46. The van der Waals surface area contributed by atoms with Crippen LogP contribution in [-0.4, -0.2) is 29.9 Å². The van der Waals surface area contributed by atoms with Gasteiger partial charge < -0.3 is 10.6 Å². The van der Waals surface area contributed by atoms with E-state index >= 15 is 0 Å². The van der Waals surface area contributed by atoms with E-state index in [1.165, 1.54) is 31.2 Å². The van der Waals surface area contributed by atoms with Crippen LogP contribution in [0.25, 0.3) is 0 Å². The second-order valence-electron chi connectivity index (χ2n) is 8.99. The molecular weight excluding hydrogens is 308 g/mol. The highest BCUT2D eigenvalue weighted by atomic mass is 16.2. The lowest BCUT2D eigenvalue weighted by molar-refractivity contribution is -0.140. The summed E-state index contributed by atoms with van der Waals surface area (Å²) >= 11 is 0. The van der Waals surface area contributed by atoms with Gasteiger partial charge in [0.2, 0.25) is 5.91 Å². The highest BCUT2D eigenvalue weighted by Gasteiger charge is 2.43.